The summed E-state index contributed by atoms with van der Waals surface area (Å²) in [6.07, 6.45) is 3.98. The predicted octanol–water partition coefficient (Wildman–Crippen LogP) is 2.77. The van der Waals surface area contributed by atoms with Crippen LogP contribution < -0.4 is 15.4 Å². The molecular formula is C17H21N7O2. The molecule has 0 amide bonds. The molecule has 0 bridgehead atoms. The van der Waals surface area contributed by atoms with E-state index in [4.69, 9.17) is 15.0 Å². The summed E-state index contributed by atoms with van der Waals surface area (Å²) in [4.78, 5) is 10.5. The largest absolute Gasteiger partial charge is 0.474 e. The molecule has 0 unspecified atom stereocenters. The van der Waals surface area contributed by atoms with Gasteiger partial charge in [-0.3, -0.25) is 10.00 Å². The summed E-state index contributed by atoms with van der Waals surface area (Å²) in [5.41, 5.74) is 6.83. The zero-order valence-electron chi connectivity index (χ0n) is 14.7. The fourth-order valence-corrected chi connectivity index (χ4v) is 2.62. The molecule has 9 nitrogen and oxygen atoms in total. The summed E-state index contributed by atoms with van der Waals surface area (Å²) >= 11 is 0. The Hall–Kier alpha value is -3.10. The molecule has 0 saturated heterocycles. The van der Waals surface area contributed by atoms with Crippen LogP contribution in [0, 0.1) is 0 Å². The first-order valence-corrected chi connectivity index (χ1v) is 8.62. The Morgan fingerprint density at radius 3 is 2.96 bits per heavy atom. The van der Waals surface area contributed by atoms with Gasteiger partial charge in [0.2, 0.25) is 11.8 Å². The Bertz CT molecular complexity index is 885. The van der Waals surface area contributed by atoms with Crippen molar-refractivity contribution in [1.29, 1.82) is 0 Å². The number of hydrogen-bond donors (Lipinski definition) is 2. The van der Waals surface area contributed by atoms with E-state index in [0.717, 1.165) is 11.5 Å². The molecule has 0 aromatic carbocycles. The minimum atomic E-state index is 0.0265. The van der Waals surface area contributed by atoms with Crippen LogP contribution in [0.2, 0.25) is 0 Å². The van der Waals surface area contributed by atoms with Crippen molar-refractivity contribution in [3.8, 4) is 5.88 Å². The van der Waals surface area contributed by atoms with E-state index in [2.05, 4.69) is 25.3 Å². The first-order valence-electron chi connectivity index (χ1n) is 8.62. The first-order chi connectivity index (χ1) is 12.6. The lowest BCUT2D eigenvalue weighted by molar-refractivity contribution is 0.232. The van der Waals surface area contributed by atoms with Gasteiger partial charge in [0.15, 0.2) is 5.76 Å². The third-order valence-electron chi connectivity index (χ3n) is 3.98. The topological polar surface area (TPSA) is 119 Å². The van der Waals surface area contributed by atoms with E-state index in [1.54, 1.807) is 18.3 Å². The van der Waals surface area contributed by atoms with E-state index in [1.807, 2.05) is 24.8 Å². The summed E-state index contributed by atoms with van der Waals surface area (Å²) in [5, 5.41) is 11.3. The average molecular weight is 355 g/mol. The molecule has 3 heterocycles. The van der Waals surface area contributed by atoms with Crippen molar-refractivity contribution >= 4 is 17.6 Å². The molecule has 3 N–H and O–H groups in total. The van der Waals surface area contributed by atoms with Gasteiger partial charge in [-0.1, -0.05) is 5.16 Å². The van der Waals surface area contributed by atoms with Crippen molar-refractivity contribution < 1.29 is 9.26 Å². The van der Waals surface area contributed by atoms with E-state index < -0.39 is 0 Å². The molecule has 1 saturated carbocycles. The fraction of sp³-hybridized carbons (Fsp3) is 0.412. The van der Waals surface area contributed by atoms with Gasteiger partial charge < -0.3 is 15.0 Å². The lowest BCUT2D eigenvalue weighted by atomic mass is 10.2. The monoisotopic (exact) mass is 355 g/mol. The minimum absolute atomic E-state index is 0.0265. The number of H-pyrrole nitrogens is 1. The zero-order chi connectivity index (χ0) is 18.1. The number of aromatic nitrogens is 5. The highest BCUT2D eigenvalue weighted by molar-refractivity contribution is 5.55. The molecule has 3 aromatic heterocycles. The number of anilines is 3. The summed E-state index contributed by atoms with van der Waals surface area (Å²) < 4.78 is 11.1. The number of ether oxygens (including phenoxy) is 1. The van der Waals surface area contributed by atoms with E-state index in [0.29, 0.717) is 35.9 Å². The molecule has 0 radical (unpaired) electrons. The molecule has 0 spiro atoms. The third kappa shape index (κ3) is 3.61. The number of hydrogen-bond acceptors (Lipinski definition) is 8. The average Bonchev–Trinajstić information content (AvgIpc) is 3.17. The second-order valence-corrected chi connectivity index (χ2v) is 6.62. The van der Waals surface area contributed by atoms with E-state index >= 15 is 0 Å². The van der Waals surface area contributed by atoms with Crippen LogP contribution in [0.3, 0.4) is 0 Å². The quantitative estimate of drug-likeness (QED) is 0.664. The number of nitrogen functional groups attached to an aromatic ring is 1. The van der Waals surface area contributed by atoms with Gasteiger partial charge in [-0.05, 0) is 32.8 Å². The standard InChI is InChI=1S/C17H21N7O2/c1-10(2)25-16-8-15(21-22-16)24(17-19-6-5-14(18)20-17)9-12-7-13(23-26-12)11-3-4-11/h5-8,10-11H,3-4,9H2,1-2H3,(H,21,22)(H2,18,19,20). The fourth-order valence-electron chi connectivity index (χ4n) is 2.62. The molecule has 9 heteroatoms. The third-order valence-corrected chi connectivity index (χ3v) is 3.98. The van der Waals surface area contributed by atoms with Crippen molar-refractivity contribution in [3.63, 3.8) is 0 Å². The Labute approximate surface area is 150 Å². The molecule has 1 fully saturated rings. The van der Waals surface area contributed by atoms with Crippen LogP contribution in [0.1, 0.15) is 44.1 Å². The molecule has 1 aliphatic rings. The van der Waals surface area contributed by atoms with Gasteiger partial charge in [-0.25, -0.2) is 4.98 Å². The molecule has 136 valence electrons. The number of nitrogens with two attached hydrogens (primary N) is 1. The maximum Gasteiger partial charge on any atom is 0.234 e. The van der Waals surface area contributed by atoms with Crippen molar-refractivity contribution in [3.05, 3.63) is 35.9 Å². The van der Waals surface area contributed by atoms with Crippen molar-refractivity contribution in [2.24, 2.45) is 0 Å². The van der Waals surface area contributed by atoms with E-state index in [1.165, 1.54) is 12.8 Å². The number of aromatic amines is 1. The van der Waals surface area contributed by atoms with Crippen LogP contribution in [-0.2, 0) is 6.54 Å². The number of rotatable bonds is 7. The van der Waals surface area contributed by atoms with Gasteiger partial charge in [-0.2, -0.15) is 4.98 Å². The van der Waals surface area contributed by atoms with Crippen LogP contribution in [-0.4, -0.2) is 31.4 Å². The number of nitrogens with zero attached hydrogens (tertiary/aromatic N) is 5. The van der Waals surface area contributed by atoms with Gasteiger partial charge in [0.1, 0.15) is 11.6 Å². The Morgan fingerprint density at radius 2 is 2.23 bits per heavy atom. The molecule has 0 aliphatic heterocycles. The maximum atomic E-state index is 5.83. The molecule has 3 aromatic rings. The highest BCUT2D eigenvalue weighted by Crippen LogP contribution is 2.39. The maximum absolute atomic E-state index is 5.83. The van der Waals surface area contributed by atoms with E-state index in [9.17, 15) is 0 Å². The Kier molecular flexibility index (Phi) is 4.19. The van der Waals surface area contributed by atoms with Crippen LogP contribution in [0.5, 0.6) is 5.88 Å². The van der Waals surface area contributed by atoms with Crippen LogP contribution >= 0.6 is 0 Å². The van der Waals surface area contributed by atoms with Crippen LogP contribution in [0.25, 0.3) is 0 Å². The molecule has 0 atom stereocenters. The highest BCUT2D eigenvalue weighted by atomic mass is 16.5. The predicted molar refractivity (Wildman–Crippen MR) is 95.1 cm³/mol. The lowest BCUT2D eigenvalue weighted by Crippen LogP contribution is -2.19. The smallest absolute Gasteiger partial charge is 0.234 e. The summed E-state index contributed by atoms with van der Waals surface area (Å²) in [6.45, 7) is 4.29. The zero-order valence-corrected chi connectivity index (χ0v) is 14.7. The molecular weight excluding hydrogens is 334 g/mol. The van der Waals surface area contributed by atoms with Gasteiger partial charge in [-0.15, -0.1) is 5.10 Å². The van der Waals surface area contributed by atoms with Crippen LogP contribution in [0.15, 0.2) is 28.9 Å². The highest BCUT2D eigenvalue weighted by Gasteiger charge is 2.28. The van der Waals surface area contributed by atoms with Crippen molar-refractivity contribution in [2.75, 3.05) is 10.6 Å². The van der Waals surface area contributed by atoms with Gasteiger partial charge >= 0.3 is 0 Å². The summed E-state index contributed by atoms with van der Waals surface area (Å²) in [6, 6.07) is 5.42. The van der Waals surface area contributed by atoms with Crippen LogP contribution in [0.4, 0.5) is 17.6 Å². The normalized spacial score (nSPS) is 14.0. The van der Waals surface area contributed by atoms with Gasteiger partial charge in [0.05, 0.1) is 18.3 Å². The Morgan fingerprint density at radius 1 is 1.38 bits per heavy atom. The second-order valence-electron chi connectivity index (χ2n) is 6.62. The SMILES string of the molecule is CC(C)Oc1cc(N(Cc2cc(C3CC3)no2)c2nccc(N)n2)[nH]n1. The number of nitrogens with one attached hydrogen (secondary N) is 1. The lowest BCUT2D eigenvalue weighted by Gasteiger charge is -2.19. The summed E-state index contributed by atoms with van der Waals surface area (Å²) in [5.74, 6) is 3.25. The van der Waals surface area contributed by atoms with Gasteiger partial charge in [0, 0.05) is 24.2 Å². The van der Waals surface area contributed by atoms with Crippen molar-refractivity contribution in [1.82, 2.24) is 25.3 Å². The van der Waals surface area contributed by atoms with Crippen molar-refractivity contribution in [2.45, 2.75) is 45.3 Å². The molecule has 26 heavy (non-hydrogen) atoms. The molecule has 4 rings (SSSR count). The summed E-state index contributed by atoms with van der Waals surface area (Å²) in [7, 11) is 0. The Balaban J connectivity index is 1.63. The van der Waals surface area contributed by atoms with Gasteiger partial charge in [0.25, 0.3) is 0 Å². The van der Waals surface area contributed by atoms with E-state index in [-0.39, 0.29) is 6.10 Å². The second kappa shape index (κ2) is 6.66. The minimum Gasteiger partial charge on any atom is -0.474 e. The molecule has 1 aliphatic carbocycles. The first kappa shape index (κ1) is 16.4.